The van der Waals surface area contributed by atoms with Crippen molar-refractivity contribution in [2.45, 2.75) is 75.7 Å². The Kier molecular flexibility index (Phi) is 5.54. The first-order valence-electron chi connectivity index (χ1n) is 11.0. The third kappa shape index (κ3) is 4.18. The number of hydrogen-bond acceptors (Lipinski definition) is 6. The Hall–Kier alpha value is -1.76. The van der Waals surface area contributed by atoms with Gasteiger partial charge in [-0.15, -0.1) is 11.8 Å². The first kappa shape index (κ1) is 21.5. The summed E-state index contributed by atoms with van der Waals surface area (Å²) in [6.07, 6.45) is 6.02. The van der Waals surface area contributed by atoms with E-state index in [-0.39, 0.29) is 23.2 Å². The van der Waals surface area contributed by atoms with E-state index >= 15 is 0 Å². The van der Waals surface area contributed by atoms with Crippen molar-refractivity contribution < 1.29 is 19.4 Å². The number of ether oxygens (including phenoxy) is 1. The molecule has 1 unspecified atom stereocenters. The van der Waals surface area contributed by atoms with E-state index in [2.05, 4.69) is 11.8 Å². The molecule has 3 atom stereocenters. The van der Waals surface area contributed by atoms with Gasteiger partial charge in [-0.05, 0) is 51.7 Å². The van der Waals surface area contributed by atoms with Crippen LogP contribution in [-0.4, -0.2) is 46.0 Å². The minimum atomic E-state index is -0.691. The van der Waals surface area contributed by atoms with Gasteiger partial charge in [-0.1, -0.05) is 26.2 Å². The van der Waals surface area contributed by atoms with Crippen molar-refractivity contribution in [3.8, 4) is 0 Å². The molecule has 0 amide bonds. The predicted molar refractivity (Wildman–Crippen MR) is 117 cm³/mol. The van der Waals surface area contributed by atoms with Crippen LogP contribution in [0.5, 0.6) is 0 Å². The topological polar surface area (TPSA) is 79.7 Å². The van der Waals surface area contributed by atoms with Crippen LogP contribution in [0.25, 0.3) is 0 Å². The summed E-state index contributed by atoms with van der Waals surface area (Å²) in [5.74, 6) is -0.258. The molecule has 6 nitrogen and oxygen atoms in total. The van der Waals surface area contributed by atoms with Crippen molar-refractivity contribution in [1.29, 1.82) is 0 Å². The monoisotopic (exact) mass is 432 g/mol. The molecule has 1 saturated heterocycles. The number of aliphatic carboxylic acids is 1. The number of aromatic nitrogens is 1. The Morgan fingerprint density at radius 2 is 1.93 bits per heavy atom. The molecule has 0 aromatic carbocycles. The van der Waals surface area contributed by atoms with Crippen molar-refractivity contribution in [2.75, 3.05) is 18.0 Å². The molecule has 1 aliphatic heterocycles. The first-order valence-corrected chi connectivity index (χ1v) is 11.9. The molecule has 0 bridgehead atoms. The summed E-state index contributed by atoms with van der Waals surface area (Å²) in [5, 5.41) is 10.6. The van der Waals surface area contributed by atoms with Gasteiger partial charge in [-0.3, -0.25) is 4.79 Å². The minimum Gasteiger partial charge on any atom is -0.481 e. The molecule has 1 aromatic rings. The molecule has 2 saturated carbocycles. The largest absolute Gasteiger partial charge is 0.481 e. The average molecular weight is 433 g/mol. The van der Waals surface area contributed by atoms with Gasteiger partial charge in [0.25, 0.3) is 0 Å². The van der Waals surface area contributed by atoms with Crippen LogP contribution in [0.4, 0.5) is 5.82 Å². The number of esters is 1. The molecule has 7 heteroatoms. The normalized spacial score (nSPS) is 28.9. The highest BCUT2D eigenvalue weighted by molar-refractivity contribution is 7.99. The van der Waals surface area contributed by atoms with E-state index in [1.54, 1.807) is 11.8 Å². The lowest BCUT2D eigenvalue weighted by atomic mass is 10.0. The maximum atomic E-state index is 12.8. The van der Waals surface area contributed by atoms with Gasteiger partial charge >= 0.3 is 11.9 Å². The molecule has 0 spiro atoms. The van der Waals surface area contributed by atoms with E-state index in [4.69, 9.17) is 9.72 Å². The zero-order valence-corrected chi connectivity index (χ0v) is 19.1. The number of thioether (sulfide) groups is 1. The van der Waals surface area contributed by atoms with Crippen molar-refractivity contribution in [3.63, 3.8) is 0 Å². The number of carboxylic acid groups (broad SMARTS) is 1. The molecule has 3 aliphatic rings. The molecule has 3 fully saturated rings. The predicted octanol–water partition coefficient (Wildman–Crippen LogP) is 4.62. The lowest BCUT2D eigenvalue weighted by Gasteiger charge is -2.26. The summed E-state index contributed by atoms with van der Waals surface area (Å²) in [5.41, 5.74) is -0.198. The second-order valence-corrected chi connectivity index (χ2v) is 11.5. The van der Waals surface area contributed by atoms with Crippen LogP contribution in [0.3, 0.4) is 0 Å². The van der Waals surface area contributed by atoms with E-state index in [0.29, 0.717) is 23.9 Å². The zero-order valence-electron chi connectivity index (χ0n) is 18.3. The Morgan fingerprint density at radius 1 is 1.23 bits per heavy atom. The number of anilines is 1. The fourth-order valence-corrected chi connectivity index (χ4v) is 6.37. The highest BCUT2D eigenvalue weighted by Gasteiger charge is 2.69. The summed E-state index contributed by atoms with van der Waals surface area (Å²) < 4.78 is 5.63. The van der Waals surface area contributed by atoms with Crippen molar-refractivity contribution >= 4 is 29.5 Å². The Labute approximate surface area is 182 Å². The zero-order chi connectivity index (χ0) is 21.7. The Bertz CT molecular complexity index is 846. The number of nitrogens with zero attached hydrogens (tertiary/aromatic N) is 2. The Morgan fingerprint density at radius 3 is 2.50 bits per heavy atom. The maximum absolute atomic E-state index is 12.8. The van der Waals surface area contributed by atoms with Gasteiger partial charge in [0, 0.05) is 23.8 Å². The number of rotatable bonds is 5. The lowest BCUT2D eigenvalue weighted by Crippen LogP contribution is -2.29. The fourth-order valence-electron chi connectivity index (χ4n) is 5.06. The Balaban J connectivity index is 1.56. The van der Waals surface area contributed by atoms with Gasteiger partial charge in [0.15, 0.2) is 0 Å². The van der Waals surface area contributed by atoms with Crippen LogP contribution in [0.15, 0.2) is 17.2 Å². The molecule has 2 heterocycles. The average Bonchev–Trinajstić information content (AvgIpc) is 3.08. The maximum Gasteiger partial charge on any atom is 0.341 e. The third-order valence-corrected chi connectivity index (χ3v) is 8.02. The van der Waals surface area contributed by atoms with Crippen molar-refractivity contribution in [3.05, 3.63) is 17.7 Å². The van der Waals surface area contributed by atoms with Gasteiger partial charge in [-0.2, -0.15) is 0 Å². The van der Waals surface area contributed by atoms with Crippen LogP contribution in [0.2, 0.25) is 0 Å². The van der Waals surface area contributed by atoms with Gasteiger partial charge < -0.3 is 14.7 Å². The summed E-state index contributed by atoms with van der Waals surface area (Å²) in [6.45, 7) is 9.08. The molecule has 2 aliphatic carbocycles. The number of carbonyl (C=O) groups is 2. The summed E-state index contributed by atoms with van der Waals surface area (Å²) in [7, 11) is 0. The van der Waals surface area contributed by atoms with Crippen molar-refractivity contribution in [2.24, 2.45) is 17.3 Å². The van der Waals surface area contributed by atoms with Crippen LogP contribution in [0.1, 0.15) is 70.2 Å². The van der Waals surface area contributed by atoms with Crippen molar-refractivity contribution in [1.82, 2.24) is 4.98 Å². The molecule has 1 N–H and O–H groups in total. The van der Waals surface area contributed by atoms with Gasteiger partial charge in [0.1, 0.15) is 16.4 Å². The molecule has 30 heavy (non-hydrogen) atoms. The quantitative estimate of drug-likeness (QED) is 0.680. The number of piperidine rings is 1. The van der Waals surface area contributed by atoms with Crippen LogP contribution in [0, 0.1) is 17.3 Å². The highest BCUT2D eigenvalue weighted by Crippen LogP contribution is 2.63. The molecule has 1 aromatic heterocycles. The third-order valence-electron chi connectivity index (χ3n) is 6.68. The summed E-state index contributed by atoms with van der Waals surface area (Å²) in [6, 6.07) is 3.72. The van der Waals surface area contributed by atoms with E-state index in [1.165, 1.54) is 19.3 Å². The number of carboxylic acids is 1. The lowest BCUT2D eigenvalue weighted by molar-refractivity contribution is -0.139. The molecular formula is C23H32N2O4S. The molecule has 4 rings (SSSR count). The van der Waals surface area contributed by atoms with Crippen LogP contribution >= 0.6 is 11.8 Å². The fraction of sp³-hybridized carbons (Fsp3) is 0.696. The van der Waals surface area contributed by atoms with Gasteiger partial charge in [-0.25, -0.2) is 9.78 Å². The smallest absolute Gasteiger partial charge is 0.341 e. The van der Waals surface area contributed by atoms with Gasteiger partial charge in [0.2, 0.25) is 0 Å². The minimum absolute atomic E-state index is 0.173. The summed E-state index contributed by atoms with van der Waals surface area (Å²) in [4.78, 5) is 31.3. The number of fused-ring (bicyclic) bond motifs is 1. The molecule has 164 valence electrons. The highest BCUT2D eigenvalue weighted by atomic mass is 32.2. The van der Waals surface area contributed by atoms with Crippen LogP contribution in [-0.2, 0) is 9.53 Å². The number of carbonyl (C=O) groups excluding carboxylic acids is 1. The summed E-state index contributed by atoms with van der Waals surface area (Å²) >= 11 is 1.70. The standard InChI is InChI=1S/C23H32N2O4S/c1-22(2,3)29-21(28)15-10-11-17(24-19(15)30-14-8-6-5-7-9-14)25-12-16-18(20(26)27)23(16,4)13-25/h10-11,14,16,18H,5-9,12-13H2,1-4H3,(H,26,27)/t16-,18?,23+/m0/s1. The van der Waals surface area contributed by atoms with Crippen LogP contribution < -0.4 is 4.90 Å². The second kappa shape index (κ2) is 7.74. The number of hydrogen-bond donors (Lipinski definition) is 1. The first-order chi connectivity index (χ1) is 14.1. The number of pyridine rings is 1. The molecular weight excluding hydrogens is 400 g/mol. The van der Waals surface area contributed by atoms with E-state index in [0.717, 1.165) is 23.7 Å². The van der Waals surface area contributed by atoms with E-state index < -0.39 is 11.6 Å². The SMILES string of the molecule is CC(C)(C)OC(=O)c1ccc(N2C[C@H]3C(C(=O)O)[C@]3(C)C2)nc1SC1CCCCC1. The second-order valence-electron chi connectivity index (χ2n) is 10.2. The van der Waals surface area contributed by atoms with Gasteiger partial charge in [0.05, 0.1) is 11.5 Å². The molecule has 0 radical (unpaired) electrons. The van der Waals surface area contributed by atoms with E-state index in [1.807, 2.05) is 32.9 Å². The van der Waals surface area contributed by atoms with E-state index in [9.17, 15) is 14.7 Å².